The van der Waals surface area contributed by atoms with Crippen LogP contribution >= 0.6 is 11.3 Å². The number of rotatable bonds is 4. The normalized spacial score (nSPS) is 18.6. The molecular weight excluding hydrogens is 278 g/mol. The molecule has 0 unspecified atom stereocenters. The Bertz CT molecular complexity index is 582. The Morgan fingerprint density at radius 2 is 2.50 bits per heavy atom. The molecule has 1 atom stereocenters. The van der Waals surface area contributed by atoms with Gasteiger partial charge in [-0.1, -0.05) is 5.21 Å². The maximum atomic E-state index is 12.2. The molecule has 1 aliphatic rings. The average Bonchev–Trinajstić information content (AvgIpc) is 3.19. The van der Waals surface area contributed by atoms with Crippen molar-refractivity contribution < 1.29 is 9.53 Å². The van der Waals surface area contributed by atoms with Gasteiger partial charge in [0.15, 0.2) is 0 Å². The van der Waals surface area contributed by atoms with Crippen molar-refractivity contribution in [3.8, 4) is 0 Å². The molecule has 1 aliphatic heterocycles. The van der Waals surface area contributed by atoms with Crippen molar-refractivity contribution >= 4 is 17.2 Å². The van der Waals surface area contributed by atoms with Crippen LogP contribution < -0.4 is 0 Å². The molecule has 0 aromatic carbocycles. The van der Waals surface area contributed by atoms with Gasteiger partial charge in [-0.05, 0) is 6.42 Å². The zero-order valence-electron chi connectivity index (χ0n) is 11.1. The number of nitrogens with zero attached hydrogens (tertiary/aromatic N) is 5. The number of likely N-dealkylation sites (tertiary alicyclic amines) is 1. The van der Waals surface area contributed by atoms with Crippen LogP contribution in [0.25, 0.3) is 0 Å². The van der Waals surface area contributed by atoms with Gasteiger partial charge < -0.3 is 9.64 Å². The van der Waals surface area contributed by atoms with E-state index in [1.807, 2.05) is 15.8 Å². The highest BCUT2D eigenvalue weighted by Gasteiger charge is 2.29. The fourth-order valence-electron chi connectivity index (χ4n) is 2.33. The molecule has 20 heavy (non-hydrogen) atoms. The summed E-state index contributed by atoms with van der Waals surface area (Å²) < 4.78 is 6.85. The van der Waals surface area contributed by atoms with E-state index in [1.165, 1.54) is 11.3 Å². The van der Waals surface area contributed by atoms with E-state index < -0.39 is 0 Å². The van der Waals surface area contributed by atoms with E-state index >= 15 is 0 Å². The van der Waals surface area contributed by atoms with Crippen LogP contribution in [0.2, 0.25) is 0 Å². The molecule has 3 rings (SSSR count). The Hall–Kier alpha value is -1.80. The highest BCUT2D eigenvalue weighted by Crippen LogP contribution is 2.22. The summed E-state index contributed by atoms with van der Waals surface area (Å²) >= 11 is 1.43. The minimum atomic E-state index is -0.00835. The molecule has 0 radical (unpaired) electrons. The van der Waals surface area contributed by atoms with Crippen molar-refractivity contribution in [2.24, 2.45) is 0 Å². The van der Waals surface area contributed by atoms with E-state index in [4.69, 9.17) is 4.74 Å². The minimum absolute atomic E-state index is 0.00835. The molecule has 0 spiro atoms. The quantitative estimate of drug-likeness (QED) is 0.840. The molecule has 7 nitrogen and oxygen atoms in total. The lowest BCUT2D eigenvalue weighted by atomic mass is 10.3. The van der Waals surface area contributed by atoms with Crippen molar-refractivity contribution in [1.29, 1.82) is 0 Å². The number of ether oxygens (including phenoxy) is 1. The maximum Gasteiger partial charge on any atom is 0.273 e. The maximum absolute atomic E-state index is 12.2. The van der Waals surface area contributed by atoms with Gasteiger partial charge in [-0.25, -0.2) is 9.67 Å². The first-order valence-electron chi connectivity index (χ1n) is 6.35. The number of amides is 1. The number of carbonyl (C=O) groups excluding carboxylic acids is 1. The summed E-state index contributed by atoms with van der Waals surface area (Å²) in [6.07, 6.45) is 2.76. The zero-order valence-corrected chi connectivity index (χ0v) is 11.9. The summed E-state index contributed by atoms with van der Waals surface area (Å²) in [5.74, 6) is -0.00835. The van der Waals surface area contributed by atoms with Crippen molar-refractivity contribution in [2.75, 3.05) is 20.2 Å². The summed E-state index contributed by atoms with van der Waals surface area (Å²) in [4.78, 5) is 18.1. The van der Waals surface area contributed by atoms with Gasteiger partial charge in [0.05, 0.1) is 24.4 Å². The Kier molecular flexibility index (Phi) is 3.75. The molecule has 0 N–H and O–H groups in total. The molecule has 106 valence electrons. The first kappa shape index (κ1) is 13.2. The van der Waals surface area contributed by atoms with Crippen molar-refractivity contribution in [3.63, 3.8) is 0 Å². The lowest BCUT2D eigenvalue weighted by Crippen LogP contribution is -2.29. The van der Waals surface area contributed by atoms with Gasteiger partial charge in [0.1, 0.15) is 11.4 Å². The second kappa shape index (κ2) is 5.68. The highest BCUT2D eigenvalue weighted by molar-refractivity contribution is 7.07. The van der Waals surface area contributed by atoms with Gasteiger partial charge >= 0.3 is 0 Å². The van der Waals surface area contributed by atoms with Crippen LogP contribution in [0.5, 0.6) is 0 Å². The lowest BCUT2D eigenvalue weighted by molar-refractivity contribution is 0.0782. The van der Waals surface area contributed by atoms with Gasteiger partial charge in [-0.15, -0.1) is 16.4 Å². The lowest BCUT2D eigenvalue weighted by Gasteiger charge is -2.14. The number of aromatic nitrogens is 4. The molecule has 0 aliphatic carbocycles. The van der Waals surface area contributed by atoms with E-state index in [2.05, 4.69) is 15.3 Å². The van der Waals surface area contributed by atoms with Gasteiger partial charge in [0.2, 0.25) is 0 Å². The van der Waals surface area contributed by atoms with Crippen LogP contribution in [0.1, 0.15) is 28.6 Å². The molecule has 8 heteroatoms. The van der Waals surface area contributed by atoms with E-state index in [-0.39, 0.29) is 11.9 Å². The molecule has 0 saturated carbocycles. The van der Waals surface area contributed by atoms with E-state index in [0.717, 1.165) is 18.7 Å². The molecule has 2 aromatic heterocycles. The van der Waals surface area contributed by atoms with Crippen LogP contribution in [-0.4, -0.2) is 51.0 Å². The van der Waals surface area contributed by atoms with Crippen molar-refractivity contribution in [1.82, 2.24) is 24.9 Å². The Balaban J connectivity index is 1.65. The number of thiazole rings is 1. The fraction of sp³-hybridized carbons (Fsp3) is 0.500. The highest BCUT2D eigenvalue weighted by atomic mass is 32.1. The molecule has 2 aromatic rings. The second-order valence-electron chi connectivity index (χ2n) is 4.69. The van der Waals surface area contributed by atoms with E-state index in [0.29, 0.717) is 18.8 Å². The average molecular weight is 293 g/mol. The third kappa shape index (κ3) is 2.56. The largest absolute Gasteiger partial charge is 0.378 e. The Morgan fingerprint density at radius 3 is 3.25 bits per heavy atom. The SMILES string of the molecule is COCc1cn([C@@H]2CCN(C(=O)c3cscn3)C2)nn1. The number of carbonyl (C=O) groups is 1. The Morgan fingerprint density at radius 1 is 1.60 bits per heavy atom. The first-order valence-corrected chi connectivity index (χ1v) is 7.29. The molecule has 1 amide bonds. The summed E-state index contributed by atoms with van der Waals surface area (Å²) in [6.45, 7) is 1.82. The monoisotopic (exact) mass is 293 g/mol. The van der Waals surface area contributed by atoms with Crippen LogP contribution in [0.4, 0.5) is 0 Å². The molecule has 3 heterocycles. The van der Waals surface area contributed by atoms with E-state index in [1.54, 1.807) is 18.0 Å². The predicted molar refractivity (Wildman–Crippen MR) is 72.4 cm³/mol. The zero-order chi connectivity index (χ0) is 13.9. The first-order chi connectivity index (χ1) is 9.78. The molecule has 1 fully saturated rings. The molecular formula is C12H15N5O2S. The predicted octanol–water partition coefficient (Wildman–Crippen LogP) is 0.968. The van der Waals surface area contributed by atoms with Gasteiger partial charge in [-0.2, -0.15) is 0 Å². The minimum Gasteiger partial charge on any atom is -0.378 e. The number of hydrogen-bond acceptors (Lipinski definition) is 6. The van der Waals surface area contributed by atoms with Crippen LogP contribution in [0.3, 0.4) is 0 Å². The van der Waals surface area contributed by atoms with Gasteiger partial charge in [-0.3, -0.25) is 4.79 Å². The van der Waals surface area contributed by atoms with Crippen LogP contribution in [-0.2, 0) is 11.3 Å². The summed E-state index contributed by atoms with van der Waals surface area (Å²) in [7, 11) is 1.63. The second-order valence-corrected chi connectivity index (χ2v) is 5.41. The van der Waals surface area contributed by atoms with Crippen molar-refractivity contribution in [2.45, 2.75) is 19.1 Å². The molecule has 1 saturated heterocycles. The number of methoxy groups -OCH3 is 1. The third-order valence-corrected chi connectivity index (χ3v) is 3.91. The summed E-state index contributed by atoms with van der Waals surface area (Å²) in [6, 6.07) is 0.177. The standard InChI is InChI=1S/C12H15N5O2S/c1-19-6-9-4-17(15-14-9)10-2-3-16(5-10)12(18)11-7-20-8-13-11/h4,7-8,10H,2-3,5-6H2,1H3/t10-/m1/s1. The summed E-state index contributed by atoms with van der Waals surface area (Å²) in [5.41, 5.74) is 3.00. The van der Waals surface area contributed by atoms with E-state index in [9.17, 15) is 4.79 Å². The van der Waals surface area contributed by atoms with Crippen LogP contribution in [0.15, 0.2) is 17.1 Å². The smallest absolute Gasteiger partial charge is 0.273 e. The topological polar surface area (TPSA) is 73.1 Å². The third-order valence-electron chi connectivity index (χ3n) is 3.33. The fourth-order valence-corrected chi connectivity index (χ4v) is 2.85. The summed E-state index contributed by atoms with van der Waals surface area (Å²) in [5, 5.41) is 9.93. The molecule has 0 bridgehead atoms. The van der Waals surface area contributed by atoms with Gasteiger partial charge in [0.25, 0.3) is 5.91 Å². The Labute approximate surface area is 120 Å². The number of hydrogen-bond donors (Lipinski definition) is 0. The van der Waals surface area contributed by atoms with Gasteiger partial charge in [0, 0.05) is 25.6 Å². The van der Waals surface area contributed by atoms with Crippen LogP contribution in [0, 0.1) is 0 Å². The van der Waals surface area contributed by atoms with Crippen molar-refractivity contribution in [3.05, 3.63) is 28.5 Å².